The van der Waals surface area contributed by atoms with Crippen LogP contribution in [0, 0.1) is 0 Å². The van der Waals surface area contributed by atoms with Crippen LogP contribution in [0.2, 0.25) is 8.67 Å². The molecule has 11 heteroatoms. The van der Waals surface area contributed by atoms with Crippen LogP contribution in [0.3, 0.4) is 0 Å². The number of imide groups is 1. The molecule has 1 aromatic carbocycles. The molecule has 0 saturated carbocycles. The molecule has 0 spiro atoms. The van der Waals surface area contributed by atoms with E-state index in [4.69, 9.17) is 23.2 Å². The van der Waals surface area contributed by atoms with Gasteiger partial charge in [0.25, 0.3) is 23.6 Å². The summed E-state index contributed by atoms with van der Waals surface area (Å²) < 4.78 is 0.894. The topological polar surface area (TPSA) is 95.6 Å². The van der Waals surface area contributed by atoms with Crippen LogP contribution in [-0.2, 0) is 0 Å². The van der Waals surface area contributed by atoms with Crippen molar-refractivity contribution < 1.29 is 19.2 Å². The third kappa shape index (κ3) is 3.72. The van der Waals surface area contributed by atoms with Crippen LogP contribution in [-0.4, -0.2) is 35.6 Å². The Kier molecular flexibility index (Phi) is 5.37. The number of halogens is 2. The second kappa shape index (κ2) is 7.84. The van der Waals surface area contributed by atoms with Crippen molar-refractivity contribution in [2.24, 2.45) is 0 Å². The highest BCUT2D eigenvalue weighted by molar-refractivity contribution is 7.18. The van der Waals surface area contributed by atoms with Gasteiger partial charge in [0, 0.05) is 12.7 Å². The van der Waals surface area contributed by atoms with Crippen molar-refractivity contribution in [3.05, 3.63) is 66.0 Å². The maximum Gasteiger partial charge on any atom is 0.265 e. The fourth-order valence-corrected chi connectivity index (χ4v) is 4.78. The molecule has 1 aliphatic heterocycles. The zero-order valence-corrected chi connectivity index (χ0v) is 18.3. The van der Waals surface area contributed by atoms with Crippen molar-refractivity contribution in [3.63, 3.8) is 0 Å². The Bertz CT molecular complexity index is 1230. The number of nitrogens with zero attached hydrogens (tertiary/aromatic N) is 1. The van der Waals surface area contributed by atoms with Crippen LogP contribution in [0.15, 0.2) is 36.4 Å². The lowest BCUT2D eigenvalue weighted by atomic mass is 10.1. The van der Waals surface area contributed by atoms with E-state index >= 15 is 0 Å². The minimum Gasteiger partial charge on any atom is -0.321 e. The van der Waals surface area contributed by atoms with Crippen LogP contribution in [0.5, 0.6) is 0 Å². The lowest BCUT2D eigenvalue weighted by Gasteiger charge is -2.11. The number of carbonyl (C=O) groups is 4. The van der Waals surface area contributed by atoms with Crippen LogP contribution in [0.4, 0.5) is 11.4 Å². The van der Waals surface area contributed by atoms with Gasteiger partial charge in [0.05, 0.1) is 35.2 Å². The minimum atomic E-state index is -0.544. The molecule has 0 fully saturated rings. The molecule has 2 N–H and O–H groups in total. The molecule has 1 aliphatic rings. The second-order valence-electron chi connectivity index (χ2n) is 6.23. The molecule has 0 unspecified atom stereocenters. The van der Waals surface area contributed by atoms with E-state index in [0.717, 1.165) is 27.6 Å². The van der Waals surface area contributed by atoms with Crippen LogP contribution in [0.1, 0.15) is 40.1 Å². The molecule has 152 valence electrons. The molecule has 0 atom stereocenters. The zero-order valence-electron chi connectivity index (χ0n) is 15.1. The van der Waals surface area contributed by atoms with E-state index in [1.165, 1.54) is 19.2 Å². The van der Waals surface area contributed by atoms with Gasteiger partial charge in [-0.05, 0) is 36.4 Å². The Hall–Kier alpha value is -2.72. The third-order valence-corrected chi connectivity index (χ3v) is 6.75. The maximum absolute atomic E-state index is 12.6. The number of fused-ring (bicyclic) bond motifs is 1. The molecule has 0 bridgehead atoms. The molecule has 4 amide bonds. The number of carbonyl (C=O) groups excluding carboxylic acids is 4. The lowest BCUT2D eigenvalue weighted by Crippen LogP contribution is -2.24. The average Bonchev–Trinajstić information content (AvgIpc) is 3.38. The van der Waals surface area contributed by atoms with E-state index in [9.17, 15) is 19.2 Å². The molecule has 0 radical (unpaired) electrons. The van der Waals surface area contributed by atoms with Gasteiger partial charge in [-0.25, -0.2) is 0 Å². The summed E-state index contributed by atoms with van der Waals surface area (Å²) in [7, 11) is 1.35. The Balaban J connectivity index is 1.71. The molecule has 0 aliphatic carbocycles. The van der Waals surface area contributed by atoms with Gasteiger partial charge in [0.2, 0.25) is 0 Å². The van der Waals surface area contributed by atoms with Gasteiger partial charge < -0.3 is 10.6 Å². The lowest BCUT2D eigenvalue weighted by molar-refractivity contribution is 0.0693. The molecule has 2 aromatic heterocycles. The van der Waals surface area contributed by atoms with E-state index in [1.807, 2.05) is 0 Å². The van der Waals surface area contributed by atoms with Crippen molar-refractivity contribution in [1.82, 2.24) is 4.90 Å². The number of hydrogen-bond donors (Lipinski definition) is 2. The van der Waals surface area contributed by atoms with Crippen molar-refractivity contribution in [3.8, 4) is 0 Å². The fourth-order valence-electron chi connectivity index (χ4n) is 2.90. The Morgan fingerprint density at radius 3 is 1.97 bits per heavy atom. The van der Waals surface area contributed by atoms with Gasteiger partial charge in [0.15, 0.2) is 0 Å². The second-order valence-corrected chi connectivity index (χ2v) is 9.66. The minimum absolute atomic E-state index is 0.0654. The monoisotopic (exact) mass is 479 g/mol. The molecule has 0 saturated heterocycles. The smallest absolute Gasteiger partial charge is 0.265 e. The highest BCUT2D eigenvalue weighted by Crippen LogP contribution is 2.34. The first-order chi connectivity index (χ1) is 14.2. The Morgan fingerprint density at radius 1 is 0.867 bits per heavy atom. The average molecular weight is 480 g/mol. The summed E-state index contributed by atoms with van der Waals surface area (Å²) in [6.07, 6.45) is 0. The van der Waals surface area contributed by atoms with Crippen LogP contribution in [0.25, 0.3) is 0 Å². The summed E-state index contributed by atoms with van der Waals surface area (Å²) in [5.74, 6) is -1.99. The van der Waals surface area contributed by atoms with Gasteiger partial charge in [-0.15, -0.1) is 22.7 Å². The number of hydrogen-bond acceptors (Lipinski definition) is 6. The summed E-state index contributed by atoms with van der Waals surface area (Å²) in [6.45, 7) is 0. The normalized spacial score (nSPS) is 12.8. The molecule has 3 aromatic rings. The van der Waals surface area contributed by atoms with E-state index in [1.54, 1.807) is 24.3 Å². The first-order valence-corrected chi connectivity index (χ1v) is 10.8. The van der Waals surface area contributed by atoms with Crippen molar-refractivity contribution >= 4 is 80.9 Å². The van der Waals surface area contributed by atoms with Crippen LogP contribution >= 0.6 is 45.9 Å². The number of thiophene rings is 2. The molecule has 4 rings (SSSR count). The molecular weight excluding hydrogens is 469 g/mol. The van der Waals surface area contributed by atoms with E-state index < -0.39 is 23.6 Å². The number of nitrogens with one attached hydrogen (secondary N) is 2. The summed E-state index contributed by atoms with van der Waals surface area (Å²) in [5, 5.41) is 5.31. The summed E-state index contributed by atoms with van der Waals surface area (Å²) in [5.41, 5.74) is 0.517. The van der Waals surface area contributed by atoms with Gasteiger partial charge in [0.1, 0.15) is 0 Å². The number of amides is 4. The predicted molar refractivity (Wildman–Crippen MR) is 117 cm³/mol. The largest absolute Gasteiger partial charge is 0.321 e. The number of anilines is 2. The quantitative estimate of drug-likeness (QED) is 0.522. The zero-order chi connectivity index (χ0) is 21.6. The molecule has 3 heterocycles. The molecule has 7 nitrogen and oxygen atoms in total. The first-order valence-electron chi connectivity index (χ1n) is 8.38. The number of benzene rings is 1. The van der Waals surface area contributed by atoms with Gasteiger partial charge in [-0.1, -0.05) is 23.2 Å². The standard InChI is InChI=1S/C19H11Cl2N3O4S2/c1-24-18(27)9-6-8(22-16(25)11-2-4-13(20)29-11)7-10(15(9)19(24)28)23-17(26)12-3-5-14(21)30-12/h2-7H,1H3,(H,22,25)(H,23,26). The molecular formula is C19H11Cl2N3O4S2. The van der Waals surface area contributed by atoms with E-state index in [-0.39, 0.29) is 22.5 Å². The highest BCUT2D eigenvalue weighted by Gasteiger charge is 2.36. The number of rotatable bonds is 4. The predicted octanol–water partition coefficient (Wildman–Crippen LogP) is 4.85. The van der Waals surface area contributed by atoms with E-state index in [2.05, 4.69) is 10.6 Å². The summed E-state index contributed by atoms with van der Waals surface area (Å²) in [6, 6.07) is 9.14. The van der Waals surface area contributed by atoms with Crippen molar-refractivity contribution in [1.29, 1.82) is 0 Å². The maximum atomic E-state index is 12.6. The SMILES string of the molecule is CN1C(=O)c2cc(NC(=O)c3ccc(Cl)s3)cc(NC(=O)c3ccc(Cl)s3)c2C1=O. The van der Waals surface area contributed by atoms with Crippen LogP contribution < -0.4 is 10.6 Å². The fraction of sp³-hybridized carbons (Fsp3) is 0.0526. The summed E-state index contributed by atoms with van der Waals surface area (Å²) >= 11 is 13.9. The first kappa shape index (κ1) is 20.5. The van der Waals surface area contributed by atoms with Crippen molar-refractivity contribution in [2.75, 3.05) is 17.7 Å². The van der Waals surface area contributed by atoms with Gasteiger partial charge in [-0.3, -0.25) is 24.1 Å². The third-order valence-electron chi connectivity index (χ3n) is 4.29. The van der Waals surface area contributed by atoms with Crippen molar-refractivity contribution in [2.45, 2.75) is 0 Å². The summed E-state index contributed by atoms with van der Waals surface area (Å²) in [4.78, 5) is 51.7. The van der Waals surface area contributed by atoms with E-state index in [0.29, 0.717) is 18.4 Å². The highest BCUT2D eigenvalue weighted by atomic mass is 35.5. The van der Waals surface area contributed by atoms with Gasteiger partial charge >= 0.3 is 0 Å². The Labute approximate surface area is 188 Å². The Morgan fingerprint density at radius 2 is 1.43 bits per heavy atom. The van der Waals surface area contributed by atoms with Gasteiger partial charge in [-0.2, -0.15) is 0 Å². The molecule has 30 heavy (non-hydrogen) atoms.